The van der Waals surface area contributed by atoms with Crippen LogP contribution in [0.25, 0.3) is 0 Å². The second-order valence-corrected chi connectivity index (χ2v) is 5.74. The van der Waals surface area contributed by atoms with Crippen molar-refractivity contribution in [2.24, 2.45) is 0 Å². The van der Waals surface area contributed by atoms with Crippen molar-refractivity contribution in [1.82, 2.24) is 10.3 Å². The van der Waals surface area contributed by atoms with Crippen LogP contribution in [-0.4, -0.2) is 4.98 Å². The molecule has 0 bridgehead atoms. The van der Waals surface area contributed by atoms with Gasteiger partial charge in [0.25, 0.3) is 0 Å². The summed E-state index contributed by atoms with van der Waals surface area (Å²) >= 11 is 1.72. The molecule has 0 fully saturated rings. The summed E-state index contributed by atoms with van der Waals surface area (Å²) in [5.74, 6) is 0. The van der Waals surface area contributed by atoms with Gasteiger partial charge in [0.05, 0.1) is 6.04 Å². The monoisotopic (exact) mass is 260 g/mol. The van der Waals surface area contributed by atoms with Crippen molar-refractivity contribution in [1.29, 1.82) is 0 Å². The number of nitrogens with one attached hydrogen (secondary N) is 1. The summed E-state index contributed by atoms with van der Waals surface area (Å²) in [4.78, 5) is 4.51. The lowest BCUT2D eigenvalue weighted by molar-refractivity contribution is 0.571. The first kappa shape index (κ1) is 13.2. The average Bonchev–Trinajstić information content (AvgIpc) is 2.77. The maximum Gasteiger partial charge on any atom is 0.110 e. The number of aryl methyl sites for hydroxylation is 3. The molecule has 2 nitrogen and oxygen atoms in total. The van der Waals surface area contributed by atoms with E-state index in [1.165, 1.54) is 16.7 Å². The summed E-state index contributed by atoms with van der Waals surface area (Å²) in [6.07, 6.45) is 0. The largest absolute Gasteiger partial charge is 0.304 e. The predicted octanol–water partition coefficient (Wildman–Crippen LogP) is 3.92. The standard InChI is InChI=1S/C15H20N2S/c1-10-5-6-14(7-11(10)2)8-16-13(4)15-17-12(3)9-18-15/h5-7,9,13,16H,8H2,1-4H3. The fourth-order valence-electron chi connectivity index (χ4n) is 1.84. The molecule has 18 heavy (non-hydrogen) atoms. The summed E-state index contributed by atoms with van der Waals surface area (Å²) in [6.45, 7) is 9.40. The number of hydrogen-bond donors (Lipinski definition) is 1. The Morgan fingerprint density at radius 2 is 2.00 bits per heavy atom. The molecular formula is C15H20N2S. The van der Waals surface area contributed by atoms with Gasteiger partial charge in [-0.2, -0.15) is 0 Å². The molecule has 1 unspecified atom stereocenters. The van der Waals surface area contributed by atoms with Crippen LogP contribution in [0.15, 0.2) is 23.6 Å². The molecular weight excluding hydrogens is 240 g/mol. The quantitative estimate of drug-likeness (QED) is 0.901. The molecule has 0 aliphatic heterocycles. The second-order valence-electron chi connectivity index (χ2n) is 4.85. The fourth-order valence-corrected chi connectivity index (χ4v) is 2.67. The number of hydrogen-bond acceptors (Lipinski definition) is 3. The highest BCUT2D eigenvalue weighted by Gasteiger charge is 2.08. The first-order chi connectivity index (χ1) is 8.56. The van der Waals surface area contributed by atoms with Gasteiger partial charge < -0.3 is 5.32 Å². The normalized spacial score (nSPS) is 12.7. The maximum atomic E-state index is 4.51. The molecule has 1 aromatic carbocycles. The Kier molecular flexibility index (Phi) is 4.15. The number of rotatable bonds is 4. The number of nitrogens with zero attached hydrogens (tertiary/aromatic N) is 1. The van der Waals surface area contributed by atoms with Gasteiger partial charge in [-0.3, -0.25) is 0 Å². The Balaban J connectivity index is 1.97. The molecule has 2 aromatic rings. The average molecular weight is 260 g/mol. The minimum atomic E-state index is 0.310. The van der Waals surface area contributed by atoms with E-state index in [1.807, 2.05) is 6.92 Å². The molecule has 96 valence electrons. The van der Waals surface area contributed by atoms with Crippen molar-refractivity contribution >= 4 is 11.3 Å². The molecule has 1 atom stereocenters. The van der Waals surface area contributed by atoms with E-state index in [4.69, 9.17) is 0 Å². The Bertz CT molecular complexity index is 531. The smallest absolute Gasteiger partial charge is 0.110 e. The van der Waals surface area contributed by atoms with Crippen molar-refractivity contribution in [3.05, 3.63) is 51.0 Å². The van der Waals surface area contributed by atoms with E-state index in [1.54, 1.807) is 11.3 Å². The van der Waals surface area contributed by atoms with E-state index in [0.29, 0.717) is 6.04 Å². The molecule has 0 amide bonds. The van der Waals surface area contributed by atoms with Crippen molar-refractivity contribution < 1.29 is 0 Å². The van der Waals surface area contributed by atoms with Gasteiger partial charge >= 0.3 is 0 Å². The molecule has 0 aliphatic rings. The Morgan fingerprint density at radius 3 is 2.61 bits per heavy atom. The van der Waals surface area contributed by atoms with E-state index in [-0.39, 0.29) is 0 Å². The topological polar surface area (TPSA) is 24.9 Å². The van der Waals surface area contributed by atoms with Crippen LogP contribution in [0.4, 0.5) is 0 Å². The van der Waals surface area contributed by atoms with Gasteiger partial charge in [-0.05, 0) is 44.4 Å². The number of aromatic nitrogens is 1. The molecule has 0 spiro atoms. The minimum absolute atomic E-state index is 0.310. The van der Waals surface area contributed by atoms with E-state index in [9.17, 15) is 0 Å². The molecule has 0 aliphatic carbocycles. The van der Waals surface area contributed by atoms with E-state index in [0.717, 1.165) is 17.2 Å². The zero-order chi connectivity index (χ0) is 13.1. The van der Waals surface area contributed by atoms with Crippen LogP contribution in [0.1, 0.15) is 40.4 Å². The maximum absolute atomic E-state index is 4.51. The SMILES string of the molecule is Cc1csc(C(C)NCc2ccc(C)c(C)c2)n1. The molecule has 1 heterocycles. The summed E-state index contributed by atoms with van der Waals surface area (Å²) in [6, 6.07) is 6.94. The van der Waals surface area contributed by atoms with Crippen LogP contribution in [0.2, 0.25) is 0 Å². The zero-order valence-electron chi connectivity index (χ0n) is 11.4. The number of thiazole rings is 1. The van der Waals surface area contributed by atoms with Crippen LogP contribution in [0.5, 0.6) is 0 Å². The molecule has 0 saturated carbocycles. The van der Waals surface area contributed by atoms with Crippen molar-refractivity contribution in [2.75, 3.05) is 0 Å². The summed E-state index contributed by atoms with van der Waals surface area (Å²) < 4.78 is 0. The van der Waals surface area contributed by atoms with E-state index in [2.05, 4.69) is 54.7 Å². The van der Waals surface area contributed by atoms with Gasteiger partial charge in [-0.25, -0.2) is 4.98 Å². The molecule has 2 rings (SSSR count). The van der Waals surface area contributed by atoms with Crippen molar-refractivity contribution in [3.63, 3.8) is 0 Å². The lowest BCUT2D eigenvalue weighted by Gasteiger charge is -2.12. The van der Waals surface area contributed by atoms with Gasteiger partial charge in [0, 0.05) is 17.6 Å². The van der Waals surface area contributed by atoms with Gasteiger partial charge in [0.15, 0.2) is 0 Å². The van der Waals surface area contributed by atoms with Gasteiger partial charge in [0.2, 0.25) is 0 Å². The Labute approximate surface area is 113 Å². The molecule has 1 aromatic heterocycles. The molecule has 3 heteroatoms. The number of benzene rings is 1. The first-order valence-electron chi connectivity index (χ1n) is 6.28. The zero-order valence-corrected chi connectivity index (χ0v) is 12.3. The summed E-state index contributed by atoms with van der Waals surface area (Å²) in [5, 5.41) is 6.79. The molecule has 1 N–H and O–H groups in total. The summed E-state index contributed by atoms with van der Waals surface area (Å²) in [7, 11) is 0. The van der Waals surface area contributed by atoms with Crippen molar-refractivity contribution in [3.8, 4) is 0 Å². The third-order valence-corrected chi connectivity index (χ3v) is 4.34. The lowest BCUT2D eigenvalue weighted by Crippen LogP contribution is -2.18. The van der Waals surface area contributed by atoms with Gasteiger partial charge in [-0.1, -0.05) is 18.2 Å². The van der Waals surface area contributed by atoms with Crippen LogP contribution < -0.4 is 5.32 Å². The summed E-state index contributed by atoms with van der Waals surface area (Å²) in [5.41, 5.74) is 5.14. The van der Waals surface area contributed by atoms with Crippen LogP contribution in [0.3, 0.4) is 0 Å². The third-order valence-electron chi connectivity index (χ3n) is 3.19. The fraction of sp³-hybridized carbons (Fsp3) is 0.400. The van der Waals surface area contributed by atoms with Crippen LogP contribution >= 0.6 is 11.3 Å². The van der Waals surface area contributed by atoms with Crippen LogP contribution in [0, 0.1) is 20.8 Å². The third kappa shape index (κ3) is 3.18. The first-order valence-corrected chi connectivity index (χ1v) is 7.16. The van der Waals surface area contributed by atoms with Gasteiger partial charge in [-0.15, -0.1) is 11.3 Å². The second kappa shape index (κ2) is 5.63. The lowest BCUT2D eigenvalue weighted by atomic mass is 10.1. The highest BCUT2D eigenvalue weighted by atomic mass is 32.1. The Morgan fingerprint density at radius 1 is 1.22 bits per heavy atom. The molecule has 0 radical (unpaired) electrons. The minimum Gasteiger partial charge on any atom is -0.304 e. The van der Waals surface area contributed by atoms with Gasteiger partial charge in [0.1, 0.15) is 5.01 Å². The molecule has 0 saturated heterocycles. The van der Waals surface area contributed by atoms with E-state index >= 15 is 0 Å². The predicted molar refractivity (Wildman–Crippen MR) is 78.0 cm³/mol. The van der Waals surface area contributed by atoms with E-state index < -0.39 is 0 Å². The highest BCUT2D eigenvalue weighted by Crippen LogP contribution is 2.18. The van der Waals surface area contributed by atoms with Crippen LogP contribution in [-0.2, 0) is 6.54 Å². The Hall–Kier alpha value is -1.19. The highest BCUT2D eigenvalue weighted by molar-refractivity contribution is 7.09. The van der Waals surface area contributed by atoms with Crippen molar-refractivity contribution in [2.45, 2.75) is 40.3 Å².